The van der Waals surface area contributed by atoms with Crippen molar-refractivity contribution >= 4 is 23.3 Å². The Kier molecular flexibility index (Phi) is 6.43. The van der Waals surface area contributed by atoms with E-state index in [1.807, 2.05) is 0 Å². The molecule has 0 heterocycles. The van der Waals surface area contributed by atoms with Crippen molar-refractivity contribution in [2.45, 2.75) is 0 Å². The van der Waals surface area contributed by atoms with E-state index in [0.29, 0.717) is 0 Å². The minimum absolute atomic E-state index is 1.17. The van der Waals surface area contributed by atoms with Gasteiger partial charge in [-0.1, -0.05) is 0 Å². The number of rotatable bonds is 1. The first-order valence-corrected chi connectivity index (χ1v) is 6.58. The fourth-order valence-corrected chi connectivity index (χ4v) is 0. The van der Waals surface area contributed by atoms with Crippen molar-refractivity contribution in [2.75, 3.05) is 0 Å². The Hall–Kier alpha value is 0.360. The second kappa shape index (κ2) is 5.09. The van der Waals surface area contributed by atoms with Crippen LogP contribution in [0.5, 0.6) is 0 Å². The minimum atomic E-state index is -5.18. The van der Waals surface area contributed by atoms with Crippen molar-refractivity contribution in [1.29, 1.82) is 0 Å². The van der Waals surface area contributed by atoms with Crippen LogP contribution in [0.3, 0.4) is 0 Å². The van der Waals surface area contributed by atoms with Gasteiger partial charge in [-0.15, -0.1) is 0 Å². The molecule has 0 bridgehead atoms. The van der Waals surface area contributed by atoms with Gasteiger partial charge in [-0.25, -0.2) is 9.13 Å². The highest BCUT2D eigenvalue weighted by atomic mass is 32.1. The van der Waals surface area contributed by atoms with E-state index in [4.69, 9.17) is 29.0 Å². The van der Waals surface area contributed by atoms with Gasteiger partial charge in [0.05, 0.1) is 0 Å². The SMILES string of the molecule is O=P(O)(O)P(=O)(O)O.O=[PH+]O. The Morgan fingerprint density at radius 2 is 1.00 bits per heavy atom. The van der Waals surface area contributed by atoms with Gasteiger partial charge in [-0.3, -0.25) is 0 Å². The maximum absolute atomic E-state index is 9.58. The molecule has 0 radical (unpaired) electrons. The van der Waals surface area contributed by atoms with Gasteiger partial charge in [0.1, 0.15) is 0 Å². The monoisotopic (exact) mass is 227 g/mol. The highest BCUT2D eigenvalue weighted by Gasteiger charge is 2.37. The Balaban J connectivity index is 0. The van der Waals surface area contributed by atoms with Crippen molar-refractivity contribution in [3.05, 3.63) is 0 Å². The highest BCUT2D eigenvalue weighted by Crippen LogP contribution is 2.71. The van der Waals surface area contributed by atoms with Crippen molar-refractivity contribution in [3.63, 3.8) is 0 Å². The zero-order valence-electron chi connectivity index (χ0n) is 4.86. The molecule has 5 N–H and O–H groups in total. The summed E-state index contributed by atoms with van der Waals surface area (Å²) in [6, 6.07) is 0. The molecule has 11 heavy (non-hydrogen) atoms. The summed E-state index contributed by atoms with van der Waals surface area (Å²) in [5.74, 6) is 0. The lowest BCUT2D eigenvalue weighted by Gasteiger charge is -2.02. The average molecular weight is 227 g/mol. The largest absolute Gasteiger partial charge is 0.491 e. The summed E-state index contributed by atoms with van der Waals surface area (Å²) in [5, 5.41) is 0. The second-order valence-corrected chi connectivity index (χ2v) is 6.48. The molecule has 0 amide bonds. The normalized spacial score (nSPS) is 12.1. The van der Waals surface area contributed by atoms with Crippen LogP contribution < -0.4 is 0 Å². The lowest BCUT2D eigenvalue weighted by molar-refractivity contribution is 0.340. The Bertz CT molecular complexity index is 171. The lowest BCUT2D eigenvalue weighted by atomic mass is 15.8. The Morgan fingerprint density at radius 3 is 1.00 bits per heavy atom. The summed E-state index contributed by atoms with van der Waals surface area (Å²) in [7, 11) is -11.5. The van der Waals surface area contributed by atoms with E-state index in [0.717, 1.165) is 0 Å². The number of hydrogen-bond donors (Lipinski definition) is 5. The van der Waals surface area contributed by atoms with Gasteiger partial charge < -0.3 is 19.6 Å². The summed E-state index contributed by atoms with van der Waals surface area (Å²) in [5.41, 5.74) is 0. The van der Waals surface area contributed by atoms with Crippen molar-refractivity contribution in [2.24, 2.45) is 0 Å². The van der Waals surface area contributed by atoms with Gasteiger partial charge in [0.15, 0.2) is 0 Å². The van der Waals surface area contributed by atoms with Crippen molar-refractivity contribution in [3.8, 4) is 0 Å². The van der Waals surface area contributed by atoms with Gasteiger partial charge in [0.2, 0.25) is 0 Å². The van der Waals surface area contributed by atoms with E-state index in [1.54, 1.807) is 0 Å². The summed E-state index contributed by atoms with van der Waals surface area (Å²) >= 11 is 0. The fraction of sp³-hybridized carbons (Fsp3) is 0. The third-order valence-corrected chi connectivity index (χ3v) is 3.05. The lowest BCUT2D eigenvalue weighted by Crippen LogP contribution is -1.78. The van der Waals surface area contributed by atoms with Crippen molar-refractivity contribution < 1.29 is 38.2 Å². The quantitative estimate of drug-likeness (QED) is 0.364. The van der Waals surface area contributed by atoms with E-state index in [1.165, 1.54) is 0 Å². The molecule has 0 spiro atoms. The van der Waals surface area contributed by atoms with Gasteiger partial charge >= 0.3 is 23.3 Å². The molecule has 1 atom stereocenters. The zero-order valence-corrected chi connectivity index (χ0v) is 7.64. The molecule has 0 aromatic carbocycles. The van der Waals surface area contributed by atoms with Crippen LogP contribution in [0.1, 0.15) is 0 Å². The molecular weight excluding hydrogens is 221 g/mol. The molecule has 0 aliphatic rings. The maximum Gasteiger partial charge on any atom is 0.491 e. The number of hydrogen-bond acceptors (Lipinski definition) is 3. The first-order chi connectivity index (χ1) is 4.66. The van der Waals surface area contributed by atoms with Gasteiger partial charge in [-0.05, 0) is 4.57 Å². The molecule has 0 rings (SSSR count). The Morgan fingerprint density at radius 1 is 0.909 bits per heavy atom. The average Bonchev–Trinajstić information content (AvgIpc) is 1.60. The molecule has 1 unspecified atom stereocenters. The molecule has 8 nitrogen and oxygen atoms in total. The van der Waals surface area contributed by atoms with E-state index >= 15 is 0 Å². The van der Waals surface area contributed by atoms with Gasteiger partial charge in [-0.2, -0.15) is 4.89 Å². The molecule has 0 saturated heterocycles. The molecular formula is H6O8P3+. The van der Waals surface area contributed by atoms with E-state index < -0.39 is 23.3 Å². The van der Waals surface area contributed by atoms with Crippen molar-refractivity contribution in [1.82, 2.24) is 0 Å². The van der Waals surface area contributed by atoms with Gasteiger partial charge in [0, 0.05) is 0 Å². The van der Waals surface area contributed by atoms with Crippen LogP contribution in [0.2, 0.25) is 0 Å². The topological polar surface area (TPSA) is 152 Å². The predicted octanol–water partition coefficient (Wildman–Crippen LogP) is -0.826. The van der Waals surface area contributed by atoms with Crippen LogP contribution in [0, 0.1) is 0 Å². The predicted molar refractivity (Wildman–Crippen MR) is 35.3 cm³/mol. The first kappa shape index (κ1) is 13.9. The van der Waals surface area contributed by atoms with Crippen LogP contribution in [0.4, 0.5) is 0 Å². The van der Waals surface area contributed by atoms with E-state index in [9.17, 15) is 9.13 Å². The molecule has 0 aliphatic carbocycles. The fourth-order valence-electron chi connectivity index (χ4n) is 0. The molecule has 0 fully saturated rings. The highest BCUT2D eigenvalue weighted by molar-refractivity contribution is 8.26. The molecule has 0 aromatic heterocycles. The van der Waals surface area contributed by atoms with Gasteiger partial charge in [0.25, 0.3) is 0 Å². The molecule has 0 aromatic rings. The van der Waals surface area contributed by atoms with Crippen LogP contribution in [-0.2, 0) is 13.7 Å². The summed E-state index contributed by atoms with van der Waals surface area (Å²) in [4.78, 5) is 37.9. The standard InChI is InChI=1S/H4O6P2.HO2P/c1-7(2,3)8(4,5)6;1-3-2/h(H2,1,2,3)(H2,4,5,6);3H/p+1. The van der Waals surface area contributed by atoms with E-state index in [-0.39, 0.29) is 0 Å². The zero-order chi connectivity index (χ0) is 9.71. The van der Waals surface area contributed by atoms with Crippen LogP contribution >= 0.6 is 23.3 Å². The molecule has 11 heteroatoms. The summed E-state index contributed by atoms with van der Waals surface area (Å²) in [6.07, 6.45) is 0. The Labute approximate surface area is 62.4 Å². The third kappa shape index (κ3) is 8.26. The van der Waals surface area contributed by atoms with Crippen LogP contribution in [-0.4, -0.2) is 24.5 Å². The smallest absolute Gasteiger partial charge is 0.316 e. The minimum Gasteiger partial charge on any atom is -0.316 e. The second-order valence-electron chi connectivity index (χ2n) is 1.12. The molecule has 0 saturated carbocycles. The molecule has 68 valence electrons. The van der Waals surface area contributed by atoms with E-state index in [2.05, 4.69) is 0 Å². The maximum atomic E-state index is 9.58. The third-order valence-electron chi connectivity index (χ3n) is 0.339. The molecule has 0 aliphatic heterocycles. The van der Waals surface area contributed by atoms with Crippen LogP contribution in [0.25, 0.3) is 0 Å². The van der Waals surface area contributed by atoms with Crippen LogP contribution in [0.15, 0.2) is 0 Å². The summed E-state index contributed by atoms with van der Waals surface area (Å²) < 4.78 is 27.7. The summed E-state index contributed by atoms with van der Waals surface area (Å²) in [6.45, 7) is 0. The first-order valence-electron chi connectivity index (χ1n) is 1.79.